The second kappa shape index (κ2) is 5.37. The number of hydrogen-bond acceptors (Lipinski definition) is 1. The Kier molecular flexibility index (Phi) is 3.85. The molecule has 1 N–H and O–H groups in total. The fraction of sp³-hybridized carbons (Fsp3) is 0.467. The van der Waals surface area contributed by atoms with Crippen LogP contribution in [0.1, 0.15) is 24.1 Å². The Bertz CT molecular complexity index is 497. The van der Waals surface area contributed by atoms with Gasteiger partial charge in [-0.3, -0.25) is 0 Å². The summed E-state index contributed by atoms with van der Waals surface area (Å²) in [4.78, 5) is 0. The molecule has 1 aromatic carbocycles. The van der Waals surface area contributed by atoms with Crippen molar-refractivity contribution in [2.45, 2.75) is 33.2 Å². The number of nitrogens with one attached hydrogen (secondary N) is 1. The lowest BCUT2D eigenvalue weighted by molar-refractivity contribution is 0.594. The summed E-state index contributed by atoms with van der Waals surface area (Å²) < 4.78 is 2.46. The molecule has 0 atom stereocenters. The first-order chi connectivity index (χ1) is 8.25. The van der Waals surface area contributed by atoms with Crippen LogP contribution in [0.2, 0.25) is 0 Å². The van der Waals surface area contributed by atoms with Gasteiger partial charge in [-0.25, -0.2) is 0 Å². The van der Waals surface area contributed by atoms with Crippen molar-refractivity contribution in [1.82, 2.24) is 9.88 Å². The van der Waals surface area contributed by atoms with Crippen LogP contribution < -0.4 is 5.32 Å². The molecule has 2 nitrogen and oxygen atoms in total. The first-order valence-corrected chi connectivity index (χ1v) is 6.44. The third-order valence-corrected chi connectivity index (χ3v) is 3.60. The highest BCUT2D eigenvalue weighted by molar-refractivity contribution is 5.85. The molecule has 2 rings (SSSR count). The van der Waals surface area contributed by atoms with Crippen molar-refractivity contribution in [1.29, 1.82) is 0 Å². The van der Waals surface area contributed by atoms with Crippen LogP contribution in [0.5, 0.6) is 0 Å². The quantitative estimate of drug-likeness (QED) is 0.780. The fourth-order valence-electron chi connectivity index (χ4n) is 2.46. The Morgan fingerprint density at radius 1 is 1.12 bits per heavy atom. The van der Waals surface area contributed by atoms with Crippen molar-refractivity contribution in [3.8, 4) is 0 Å². The number of fused-ring (bicyclic) bond motifs is 1. The minimum absolute atomic E-state index is 1.11. The van der Waals surface area contributed by atoms with E-state index in [1.54, 1.807) is 0 Å². The predicted octanol–water partition coefficient (Wildman–Crippen LogP) is 3.26. The lowest BCUT2D eigenvalue weighted by Gasteiger charge is -2.08. The van der Waals surface area contributed by atoms with Crippen LogP contribution in [0.25, 0.3) is 10.9 Å². The Morgan fingerprint density at radius 3 is 2.65 bits per heavy atom. The molecule has 0 radical (unpaired) electrons. The molecule has 0 aliphatic carbocycles. The number of unbranched alkanes of at least 4 members (excludes halogenated alkanes) is 1. The summed E-state index contributed by atoms with van der Waals surface area (Å²) in [5.74, 6) is 0. The topological polar surface area (TPSA) is 17.0 Å². The molecule has 0 aliphatic heterocycles. The van der Waals surface area contributed by atoms with E-state index in [1.165, 1.54) is 35.0 Å². The number of aromatic nitrogens is 1. The molecule has 0 unspecified atom stereocenters. The van der Waals surface area contributed by atoms with Crippen LogP contribution in [-0.4, -0.2) is 18.2 Å². The number of aryl methyl sites for hydroxylation is 2. The van der Waals surface area contributed by atoms with Gasteiger partial charge in [0.15, 0.2) is 0 Å². The molecule has 1 heterocycles. The van der Waals surface area contributed by atoms with Crippen molar-refractivity contribution in [2.24, 2.45) is 0 Å². The van der Waals surface area contributed by atoms with E-state index in [9.17, 15) is 0 Å². The first-order valence-electron chi connectivity index (χ1n) is 6.44. The lowest BCUT2D eigenvalue weighted by atomic mass is 10.2. The van der Waals surface area contributed by atoms with Crippen molar-refractivity contribution in [2.75, 3.05) is 13.6 Å². The number of nitrogens with zero attached hydrogens (tertiary/aromatic N) is 1. The monoisotopic (exact) mass is 230 g/mol. The number of rotatable bonds is 5. The SMILES string of the molecule is CNCCCCn1c(C)c(C)c2ccccc21. The van der Waals surface area contributed by atoms with Gasteiger partial charge in [0.2, 0.25) is 0 Å². The second-order valence-corrected chi connectivity index (χ2v) is 4.69. The molecular weight excluding hydrogens is 208 g/mol. The van der Waals surface area contributed by atoms with Crippen LogP contribution in [0.15, 0.2) is 24.3 Å². The zero-order valence-electron chi connectivity index (χ0n) is 11.1. The molecule has 0 saturated heterocycles. The minimum atomic E-state index is 1.11. The van der Waals surface area contributed by atoms with E-state index in [2.05, 4.69) is 48.0 Å². The molecule has 0 fully saturated rings. The first kappa shape index (κ1) is 12.2. The largest absolute Gasteiger partial charge is 0.345 e. The molecule has 0 spiro atoms. The summed E-state index contributed by atoms with van der Waals surface area (Å²) in [6.45, 7) is 6.69. The van der Waals surface area contributed by atoms with Gasteiger partial charge in [-0.1, -0.05) is 18.2 Å². The van der Waals surface area contributed by atoms with Crippen molar-refractivity contribution in [3.63, 3.8) is 0 Å². The smallest absolute Gasteiger partial charge is 0.0485 e. The highest BCUT2D eigenvalue weighted by Gasteiger charge is 2.09. The molecule has 17 heavy (non-hydrogen) atoms. The zero-order valence-corrected chi connectivity index (χ0v) is 11.1. The maximum Gasteiger partial charge on any atom is 0.0485 e. The van der Waals surface area contributed by atoms with Gasteiger partial charge in [0, 0.05) is 23.1 Å². The van der Waals surface area contributed by atoms with Gasteiger partial charge in [-0.2, -0.15) is 0 Å². The molecular formula is C15H22N2. The van der Waals surface area contributed by atoms with E-state index < -0.39 is 0 Å². The van der Waals surface area contributed by atoms with Gasteiger partial charge in [0.25, 0.3) is 0 Å². The van der Waals surface area contributed by atoms with E-state index in [-0.39, 0.29) is 0 Å². The highest BCUT2D eigenvalue weighted by atomic mass is 15.0. The van der Waals surface area contributed by atoms with Crippen LogP contribution in [0, 0.1) is 13.8 Å². The normalized spacial score (nSPS) is 11.2. The fourth-order valence-corrected chi connectivity index (χ4v) is 2.46. The third kappa shape index (κ3) is 2.37. The standard InChI is InChI=1S/C15H22N2/c1-12-13(2)17(11-7-6-10-16-3)15-9-5-4-8-14(12)15/h4-5,8-9,16H,6-7,10-11H2,1-3H3. The van der Waals surface area contributed by atoms with Gasteiger partial charge >= 0.3 is 0 Å². The van der Waals surface area contributed by atoms with Gasteiger partial charge in [0.1, 0.15) is 0 Å². The number of benzene rings is 1. The van der Waals surface area contributed by atoms with E-state index in [0.717, 1.165) is 13.1 Å². The predicted molar refractivity (Wildman–Crippen MR) is 74.6 cm³/mol. The number of hydrogen-bond donors (Lipinski definition) is 1. The lowest BCUT2D eigenvalue weighted by Crippen LogP contribution is -2.09. The van der Waals surface area contributed by atoms with Crippen LogP contribution in [-0.2, 0) is 6.54 Å². The zero-order chi connectivity index (χ0) is 12.3. The Morgan fingerprint density at radius 2 is 1.88 bits per heavy atom. The molecule has 1 aromatic heterocycles. The summed E-state index contributed by atoms with van der Waals surface area (Å²) in [5.41, 5.74) is 4.22. The van der Waals surface area contributed by atoms with E-state index in [1.807, 2.05) is 7.05 Å². The van der Waals surface area contributed by atoms with Crippen LogP contribution in [0.4, 0.5) is 0 Å². The van der Waals surface area contributed by atoms with E-state index >= 15 is 0 Å². The Balaban J connectivity index is 2.24. The molecule has 92 valence electrons. The van der Waals surface area contributed by atoms with Gasteiger partial charge in [-0.15, -0.1) is 0 Å². The van der Waals surface area contributed by atoms with Gasteiger partial charge in [0.05, 0.1) is 0 Å². The van der Waals surface area contributed by atoms with Gasteiger partial charge < -0.3 is 9.88 Å². The molecule has 2 aromatic rings. The Hall–Kier alpha value is -1.28. The molecule has 0 bridgehead atoms. The van der Waals surface area contributed by atoms with Crippen LogP contribution >= 0.6 is 0 Å². The van der Waals surface area contributed by atoms with Gasteiger partial charge in [-0.05, 0) is 51.9 Å². The van der Waals surface area contributed by atoms with Crippen molar-refractivity contribution < 1.29 is 0 Å². The maximum atomic E-state index is 3.20. The second-order valence-electron chi connectivity index (χ2n) is 4.69. The third-order valence-electron chi connectivity index (χ3n) is 3.60. The van der Waals surface area contributed by atoms with E-state index in [0.29, 0.717) is 0 Å². The average Bonchev–Trinajstić information content (AvgIpc) is 2.60. The number of para-hydroxylation sites is 1. The summed E-state index contributed by atoms with van der Waals surface area (Å²) in [6, 6.07) is 8.71. The maximum absolute atomic E-state index is 3.20. The van der Waals surface area contributed by atoms with Crippen LogP contribution in [0.3, 0.4) is 0 Å². The molecule has 0 saturated carbocycles. The summed E-state index contributed by atoms with van der Waals surface area (Å²) in [6.07, 6.45) is 2.47. The highest BCUT2D eigenvalue weighted by Crippen LogP contribution is 2.25. The van der Waals surface area contributed by atoms with Crippen molar-refractivity contribution in [3.05, 3.63) is 35.5 Å². The molecule has 0 amide bonds. The minimum Gasteiger partial charge on any atom is -0.345 e. The summed E-state index contributed by atoms with van der Waals surface area (Å²) in [5, 5.41) is 4.60. The summed E-state index contributed by atoms with van der Waals surface area (Å²) >= 11 is 0. The summed E-state index contributed by atoms with van der Waals surface area (Å²) in [7, 11) is 2.01. The Labute approximate surface area is 104 Å². The van der Waals surface area contributed by atoms with E-state index in [4.69, 9.17) is 0 Å². The molecule has 0 aliphatic rings. The van der Waals surface area contributed by atoms with Crippen molar-refractivity contribution >= 4 is 10.9 Å². The molecule has 2 heteroatoms. The average molecular weight is 230 g/mol.